The van der Waals surface area contributed by atoms with Crippen molar-refractivity contribution < 1.29 is 14.2 Å². The molecule has 132 valence electrons. The quantitative estimate of drug-likeness (QED) is 0.463. The van der Waals surface area contributed by atoms with Crippen molar-refractivity contribution in [2.24, 2.45) is 4.99 Å². The van der Waals surface area contributed by atoms with Gasteiger partial charge in [-0.15, -0.1) is 0 Å². The number of rotatable bonds is 3. The van der Waals surface area contributed by atoms with E-state index in [1.54, 1.807) is 30.3 Å². The first kappa shape index (κ1) is 17.7. The van der Waals surface area contributed by atoms with Crippen LogP contribution in [0, 0.1) is 5.82 Å². The lowest BCUT2D eigenvalue weighted by Crippen LogP contribution is -2.44. The minimum absolute atomic E-state index is 0.136. The van der Waals surface area contributed by atoms with Crippen LogP contribution in [0.4, 0.5) is 10.1 Å². The van der Waals surface area contributed by atoms with Crippen LogP contribution in [0.15, 0.2) is 51.9 Å². The fourth-order valence-electron chi connectivity index (χ4n) is 2.52. The van der Waals surface area contributed by atoms with E-state index < -0.39 is 0 Å². The highest BCUT2D eigenvalue weighted by molar-refractivity contribution is 9.10. The van der Waals surface area contributed by atoms with E-state index in [1.807, 2.05) is 11.0 Å². The van der Waals surface area contributed by atoms with Gasteiger partial charge in [0.25, 0.3) is 0 Å². The predicted octanol–water partition coefficient (Wildman–Crippen LogP) is 3.59. The Hall–Kier alpha value is -2.12. The number of guanidine groups is 1. The molecule has 0 atom stereocenters. The second-order valence-corrected chi connectivity index (χ2v) is 6.53. The number of phenolic OH excluding ortho intramolecular Hbond substituents is 1. The first-order valence-electron chi connectivity index (χ1n) is 7.99. The normalized spacial score (nSPS) is 15.3. The molecule has 5 nitrogen and oxygen atoms in total. The first-order valence-corrected chi connectivity index (χ1v) is 8.79. The van der Waals surface area contributed by atoms with Crippen LogP contribution in [0.5, 0.6) is 5.75 Å². The van der Waals surface area contributed by atoms with E-state index >= 15 is 0 Å². The van der Waals surface area contributed by atoms with Crippen LogP contribution in [0.2, 0.25) is 0 Å². The molecule has 0 aliphatic carbocycles. The second-order valence-electron chi connectivity index (χ2n) is 5.62. The van der Waals surface area contributed by atoms with Crippen LogP contribution >= 0.6 is 15.9 Å². The monoisotopic (exact) mass is 407 g/mol. The molecule has 0 aromatic heterocycles. The zero-order valence-corrected chi connectivity index (χ0v) is 15.2. The van der Waals surface area contributed by atoms with Gasteiger partial charge in [0.2, 0.25) is 0 Å². The molecule has 0 bridgehead atoms. The number of nitrogens with zero attached hydrogens (tertiary/aromatic N) is 2. The average molecular weight is 408 g/mol. The maximum absolute atomic E-state index is 14.0. The van der Waals surface area contributed by atoms with Crippen molar-refractivity contribution in [1.29, 1.82) is 0 Å². The summed E-state index contributed by atoms with van der Waals surface area (Å²) in [7, 11) is 0. The summed E-state index contributed by atoms with van der Waals surface area (Å²) in [6.07, 6.45) is 0. The van der Waals surface area contributed by atoms with Gasteiger partial charge in [-0.2, -0.15) is 0 Å². The van der Waals surface area contributed by atoms with Crippen molar-refractivity contribution in [3.05, 3.63) is 58.3 Å². The van der Waals surface area contributed by atoms with E-state index in [0.717, 1.165) is 4.47 Å². The number of nitrogens with one attached hydrogen (secondary N) is 1. The number of halogens is 2. The highest BCUT2D eigenvalue weighted by atomic mass is 79.9. The Labute approximate surface area is 154 Å². The van der Waals surface area contributed by atoms with Crippen molar-refractivity contribution in [2.75, 3.05) is 31.6 Å². The summed E-state index contributed by atoms with van der Waals surface area (Å²) >= 11 is 3.35. The summed E-state index contributed by atoms with van der Waals surface area (Å²) in [5.74, 6) is 0.428. The minimum atomic E-state index is -0.296. The zero-order valence-electron chi connectivity index (χ0n) is 13.6. The molecular weight excluding hydrogens is 389 g/mol. The Balaban J connectivity index is 1.84. The Morgan fingerprint density at radius 2 is 2.00 bits per heavy atom. The molecule has 0 spiro atoms. The number of aromatic hydroxyl groups is 1. The van der Waals surface area contributed by atoms with Gasteiger partial charge in [-0.05, 0) is 30.3 Å². The van der Waals surface area contributed by atoms with Gasteiger partial charge in [-0.25, -0.2) is 9.38 Å². The number of para-hydroxylation sites is 2. The van der Waals surface area contributed by atoms with Crippen LogP contribution < -0.4 is 5.32 Å². The number of aliphatic imine (C=N–C) groups is 1. The summed E-state index contributed by atoms with van der Waals surface area (Å²) in [6, 6.07) is 11.7. The van der Waals surface area contributed by atoms with Crippen molar-refractivity contribution in [1.82, 2.24) is 4.90 Å². The molecule has 0 radical (unpaired) electrons. The molecule has 3 rings (SSSR count). The van der Waals surface area contributed by atoms with Gasteiger partial charge in [0, 0.05) is 23.1 Å². The molecule has 1 aliphatic heterocycles. The molecule has 7 heteroatoms. The summed E-state index contributed by atoms with van der Waals surface area (Å²) < 4.78 is 20.2. The van der Waals surface area contributed by atoms with Crippen LogP contribution in [0.3, 0.4) is 0 Å². The van der Waals surface area contributed by atoms with Gasteiger partial charge in [0.05, 0.1) is 25.4 Å². The third-order valence-electron chi connectivity index (χ3n) is 3.87. The molecule has 2 aromatic rings. The van der Waals surface area contributed by atoms with Gasteiger partial charge in [0.1, 0.15) is 11.6 Å². The van der Waals surface area contributed by atoms with E-state index in [4.69, 9.17) is 4.74 Å². The molecule has 0 unspecified atom stereocenters. The predicted molar refractivity (Wildman–Crippen MR) is 99.4 cm³/mol. The maximum Gasteiger partial charge on any atom is 0.199 e. The van der Waals surface area contributed by atoms with Crippen molar-refractivity contribution in [2.45, 2.75) is 6.54 Å². The molecule has 1 aliphatic rings. The Morgan fingerprint density at radius 1 is 1.24 bits per heavy atom. The van der Waals surface area contributed by atoms with Crippen molar-refractivity contribution in [3.8, 4) is 5.75 Å². The number of hydrogen-bond donors (Lipinski definition) is 2. The lowest BCUT2D eigenvalue weighted by Gasteiger charge is -2.30. The average Bonchev–Trinajstić information content (AvgIpc) is 2.63. The van der Waals surface area contributed by atoms with E-state index in [0.29, 0.717) is 43.5 Å². The van der Waals surface area contributed by atoms with Crippen molar-refractivity contribution in [3.63, 3.8) is 0 Å². The third-order valence-corrected chi connectivity index (χ3v) is 4.36. The molecule has 1 heterocycles. The molecule has 1 fully saturated rings. The SMILES string of the molecule is Oc1ccccc1NC(=NCc1cc(Br)ccc1F)N1CCOCC1. The van der Waals surface area contributed by atoms with Crippen LogP contribution in [0.1, 0.15) is 5.56 Å². The molecule has 0 saturated carbocycles. The Bertz CT molecular complexity index is 764. The van der Waals surface area contributed by atoms with Gasteiger partial charge >= 0.3 is 0 Å². The Kier molecular flexibility index (Phi) is 5.88. The summed E-state index contributed by atoms with van der Waals surface area (Å²) in [5, 5.41) is 13.2. The summed E-state index contributed by atoms with van der Waals surface area (Å²) in [6.45, 7) is 2.76. The van der Waals surface area contributed by atoms with E-state index in [-0.39, 0.29) is 18.1 Å². The standard InChI is InChI=1S/C18H19BrFN3O2/c19-14-5-6-15(20)13(11-14)12-21-18(23-7-9-25-10-8-23)22-16-3-1-2-4-17(16)24/h1-6,11,24H,7-10,12H2,(H,21,22). The number of ether oxygens (including phenoxy) is 1. The molecule has 0 amide bonds. The fraction of sp³-hybridized carbons (Fsp3) is 0.278. The van der Waals surface area contributed by atoms with Crippen LogP contribution in [-0.2, 0) is 11.3 Å². The lowest BCUT2D eigenvalue weighted by molar-refractivity contribution is 0.0679. The van der Waals surface area contributed by atoms with Crippen LogP contribution in [0.25, 0.3) is 0 Å². The molecule has 25 heavy (non-hydrogen) atoms. The highest BCUT2D eigenvalue weighted by Gasteiger charge is 2.16. The van der Waals surface area contributed by atoms with Gasteiger partial charge in [0.15, 0.2) is 5.96 Å². The first-order chi connectivity index (χ1) is 12.1. The summed E-state index contributed by atoms with van der Waals surface area (Å²) in [4.78, 5) is 6.59. The van der Waals surface area contributed by atoms with E-state index in [9.17, 15) is 9.50 Å². The maximum atomic E-state index is 14.0. The highest BCUT2D eigenvalue weighted by Crippen LogP contribution is 2.22. The smallest absolute Gasteiger partial charge is 0.199 e. The lowest BCUT2D eigenvalue weighted by atomic mass is 10.2. The molecule has 2 N–H and O–H groups in total. The third kappa shape index (κ3) is 4.70. The fourth-order valence-corrected chi connectivity index (χ4v) is 2.93. The number of morpholine rings is 1. The van der Waals surface area contributed by atoms with Gasteiger partial charge in [-0.3, -0.25) is 0 Å². The second kappa shape index (κ2) is 8.31. The zero-order chi connectivity index (χ0) is 17.6. The Morgan fingerprint density at radius 3 is 2.76 bits per heavy atom. The topological polar surface area (TPSA) is 57.1 Å². The van der Waals surface area contributed by atoms with Gasteiger partial charge < -0.3 is 20.1 Å². The molecule has 2 aromatic carbocycles. The van der Waals surface area contributed by atoms with Crippen LogP contribution in [-0.4, -0.2) is 42.3 Å². The number of anilines is 1. The van der Waals surface area contributed by atoms with Gasteiger partial charge in [-0.1, -0.05) is 28.1 Å². The molecular formula is C18H19BrFN3O2. The minimum Gasteiger partial charge on any atom is -0.506 e. The van der Waals surface area contributed by atoms with E-state index in [1.165, 1.54) is 6.07 Å². The van der Waals surface area contributed by atoms with Crippen molar-refractivity contribution >= 4 is 27.6 Å². The number of phenols is 1. The largest absolute Gasteiger partial charge is 0.506 e. The number of hydrogen-bond acceptors (Lipinski definition) is 3. The summed E-state index contributed by atoms with van der Waals surface area (Å²) in [5.41, 5.74) is 1.06. The van der Waals surface area contributed by atoms with E-state index in [2.05, 4.69) is 26.2 Å². The molecule has 1 saturated heterocycles. The number of benzene rings is 2.